The van der Waals surface area contributed by atoms with Gasteiger partial charge < -0.3 is 10.6 Å². The smallest absolute Gasteiger partial charge is 0.254 e. The van der Waals surface area contributed by atoms with Crippen LogP contribution in [0.5, 0.6) is 0 Å². The van der Waals surface area contributed by atoms with Gasteiger partial charge in [0.05, 0.1) is 6.04 Å². The SMILES string of the molecule is Cc1cc(F)ccc1C(=O)N(C)C(C)c1cccc(N)c1. The van der Waals surface area contributed by atoms with Gasteiger partial charge in [-0.3, -0.25) is 4.79 Å². The average molecular weight is 286 g/mol. The van der Waals surface area contributed by atoms with Gasteiger partial charge in [0.25, 0.3) is 5.91 Å². The predicted octanol–water partition coefficient (Wildman–Crippen LogP) is 3.55. The van der Waals surface area contributed by atoms with Gasteiger partial charge in [-0.25, -0.2) is 4.39 Å². The fourth-order valence-electron chi connectivity index (χ4n) is 2.28. The summed E-state index contributed by atoms with van der Waals surface area (Å²) in [7, 11) is 1.74. The number of aryl methyl sites for hydroxylation is 1. The molecule has 4 heteroatoms. The molecule has 0 radical (unpaired) electrons. The highest BCUT2D eigenvalue weighted by Crippen LogP contribution is 2.23. The zero-order chi connectivity index (χ0) is 15.6. The average Bonchev–Trinajstić information content (AvgIpc) is 2.45. The lowest BCUT2D eigenvalue weighted by Crippen LogP contribution is -2.30. The lowest BCUT2D eigenvalue weighted by atomic mass is 10.0. The summed E-state index contributed by atoms with van der Waals surface area (Å²) in [6, 6.07) is 11.5. The number of carbonyl (C=O) groups is 1. The van der Waals surface area contributed by atoms with Crippen molar-refractivity contribution in [3.8, 4) is 0 Å². The molecule has 0 heterocycles. The van der Waals surface area contributed by atoms with Crippen molar-refractivity contribution in [1.29, 1.82) is 0 Å². The monoisotopic (exact) mass is 286 g/mol. The Labute approximate surface area is 124 Å². The van der Waals surface area contributed by atoms with Crippen LogP contribution in [-0.4, -0.2) is 17.9 Å². The first-order valence-electron chi connectivity index (χ1n) is 6.79. The second-order valence-corrected chi connectivity index (χ2v) is 5.22. The van der Waals surface area contributed by atoms with Crippen molar-refractivity contribution >= 4 is 11.6 Å². The number of anilines is 1. The van der Waals surface area contributed by atoms with Crippen molar-refractivity contribution in [1.82, 2.24) is 4.90 Å². The van der Waals surface area contributed by atoms with Crippen LogP contribution in [-0.2, 0) is 0 Å². The molecule has 1 unspecified atom stereocenters. The van der Waals surface area contributed by atoms with Crippen molar-refractivity contribution in [2.24, 2.45) is 0 Å². The molecule has 0 spiro atoms. The molecule has 2 rings (SSSR count). The zero-order valence-corrected chi connectivity index (χ0v) is 12.4. The van der Waals surface area contributed by atoms with E-state index < -0.39 is 0 Å². The van der Waals surface area contributed by atoms with E-state index in [1.807, 2.05) is 31.2 Å². The van der Waals surface area contributed by atoms with Crippen LogP contribution in [0, 0.1) is 12.7 Å². The highest BCUT2D eigenvalue weighted by atomic mass is 19.1. The van der Waals surface area contributed by atoms with E-state index in [1.165, 1.54) is 18.2 Å². The number of rotatable bonds is 3. The molecule has 2 N–H and O–H groups in total. The van der Waals surface area contributed by atoms with Gasteiger partial charge in [-0.05, 0) is 55.3 Å². The van der Waals surface area contributed by atoms with Crippen molar-refractivity contribution < 1.29 is 9.18 Å². The minimum Gasteiger partial charge on any atom is -0.399 e. The Morgan fingerprint density at radius 2 is 1.95 bits per heavy atom. The van der Waals surface area contributed by atoms with Gasteiger partial charge in [0.1, 0.15) is 5.82 Å². The third-order valence-corrected chi connectivity index (χ3v) is 3.71. The first-order chi connectivity index (χ1) is 9.90. The summed E-state index contributed by atoms with van der Waals surface area (Å²) in [5, 5.41) is 0. The number of hydrogen-bond acceptors (Lipinski definition) is 2. The Hall–Kier alpha value is -2.36. The van der Waals surface area contributed by atoms with Gasteiger partial charge in [0, 0.05) is 18.3 Å². The number of amides is 1. The van der Waals surface area contributed by atoms with Crippen molar-refractivity contribution in [2.45, 2.75) is 19.9 Å². The quantitative estimate of drug-likeness (QED) is 0.877. The molecule has 0 aliphatic rings. The third kappa shape index (κ3) is 3.21. The maximum Gasteiger partial charge on any atom is 0.254 e. The Bertz CT molecular complexity index is 670. The maximum absolute atomic E-state index is 13.1. The van der Waals surface area contributed by atoms with Gasteiger partial charge in [-0.1, -0.05) is 12.1 Å². The molecule has 0 fully saturated rings. The molecule has 0 bridgehead atoms. The van der Waals surface area contributed by atoms with Gasteiger partial charge in [0.2, 0.25) is 0 Å². The number of nitrogen functional groups attached to an aromatic ring is 1. The highest BCUT2D eigenvalue weighted by molar-refractivity contribution is 5.95. The van der Waals surface area contributed by atoms with Crippen LogP contribution >= 0.6 is 0 Å². The Morgan fingerprint density at radius 1 is 1.24 bits per heavy atom. The summed E-state index contributed by atoms with van der Waals surface area (Å²) < 4.78 is 13.1. The molecule has 0 saturated carbocycles. The molecule has 1 atom stereocenters. The molecule has 110 valence electrons. The molecular formula is C17H19FN2O. The van der Waals surface area contributed by atoms with Gasteiger partial charge >= 0.3 is 0 Å². The van der Waals surface area contributed by atoms with Gasteiger partial charge in [-0.2, -0.15) is 0 Å². The van der Waals surface area contributed by atoms with Crippen LogP contribution in [0.4, 0.5) is 10.1 Å². The molecule has 0 saturated heterocycles. The minimum atomic E-state index is -0.337. The first kappa shape index (κ1) is 15.0. The maximum atomic E-state index is 13.1. The van der Waals surface area contributed by atoms with E-state index in [1.54, 1.807) is 18.9 Å². The molecule has 21 heavy (non-hydrogen) atoms. The van der Waals surface area contributed by atoms with Crippen molar-refractivity contribution in [2.75, 3.05) is 12.8 Å². The Kier molecular flexibility index (Phi) is 4.26. The summed E-state index contributed by atoms with van der Waals surface area (Å²) in [5.41, 5.74) is 8.55. The highest BCUT2D eigenvalue weighted by Gasteiger charge is 2.20. The Balaban J connectivity index is 2.26. The van der Waals surface area contributed by atoms with E-state index in [4.69, 9.17) is 5.73 Å². The summed E-state index contributed by atoms with van der Waals surface area (Å²) in [5.74, 6) is -0.474. The zero-order valence-electron chi connectivity index (χ0n) is 12.4. The van der Waals surface area contributed by atoms with Crippen LogP contribution in [0.25, 0.3) is 0 Å². The van der Waals surface area contributed by atoms with Gasteiger partial charge in [0.15, 0.2) is 0 Å². The lowest BCUT2D eigenvalue weighted by Gasteiger charge is -2.26. The van der Waals surface area contributed by atoms with Crippen molar-refractivity contribution in [3.05, 3.63) is 65.0 Å². The van der Waals surface area contributed by atoms with E-state index in [0.29, 0.717) is 16.8 Å². The summed E-state index contributed by atoms with van der Waals surface area (Å²) in [6.45, 7) is 3.67. The fraction of sp³-hybridized carbons (Fsp3) is 0.235. The number of halogens is 1. The van der Waals surface area contributed by atoms with Gasteiger partial charge in [-0.15, -0.1) is 0 Å². The minimum absolute atomic E-state index is 0.120. The summed E-state index contributed by atoms with van der Waals surface area (Å²) in [6.07, 6.45) is 0. The van der Waals surface area contributed by atoms with Crippen LogP contribution in [0.3, 0.4) is 0 Å². The molecule has 0 aliphatic carbocycles. The third-order valence-electron chi connectivity index (χ3n) is 3.71. The first-order valence-corrected chi connectivity index (χ1v) is 6.79. The van der Waals surface area contributed by atoms with Crippen LogP contribution in [0.2, 0.25) is 0 Å². The summed E-state index contributed by atoms with van der Waals surface area (Å²) in [4.78, 5) is 14.2. The molecule has 0 aliphatic heterocycles. The molecule has 3 nitrogen and oxygen atoms in total. The topological polar surface area (TPSA) is 46.3 Å². The van der Waals surface area contributed by atoms with E-state index in [2.05, 4.69) is 0 Å². The standard InChI is InChI=1S/C17H19FN2O/c1-11-9-14(18)7-8-16(11)17(21)20(3)12(2)13-5-4-6-15(19)10-13/h4-10,12H,19H2,1-3H3. The van der Waals surface area contributed by atoms with E-state index in [0.717, 1.165) is 5.56 Å². The second kappa shape index (κ2) is 5.95. The molecular weight excluding hydrogens is 267 g/mol. The second-order valence-electron chi connectivity index (χ2n) is 5.22. The largest absolute Gasteiger partial charge is 0.399 e. The molecule has 1 amide bonds. The summed E-state index contributed by atoms with van der Waals surface area (Å²) >= 11 is 0. The number of hydrogen-bond donors (Lipinski definition) is 1. The molecule has 0 aromatic heterocycles. The predicted molar refractivity (Wildman–Crippen MR) is 82.5 cm³/mol. The van der Waals surface area contributed by atoms with E-state index in [9.17, 15) is 9.18 Å². The molecule has 2 aromatic carbocycles. The lowest BCUT2D eigenvalue weighted by molar-refractivity contribution is 0.0742. The van der Waals surface area contributed by atoms with Crippen LogP contribution < -0.4 is 5.73 Å². The van der Waals surface area contributed by atoms with E-state index in [-0.39, 0.29) is 17.8 Å². The normalized spacial score (nSPS) is 12.0. The Morgan fingerprint density at radius 3 is 2.57 bits per heavy atom. The van der Waals surface area contributed by atoms with E-state index >= 15 is 0 Å². The number of benzene rings is 2. The number of nitrogens with zero attached hydrogens (tertiary/aromatic N) is 1. The number of carbonyl (C=O) groups excluding carboxylic acids is 1. The van der Waals surface area contributed by atoms with Crippen LogP contribution in [0.15, 0.2) is 42.5 Å². The van der Waals surface area contributed by atoms with Crippen molar-refractivity contribution in [3.63, 3.8) is 0 Å². The number of nitrogens with two attached hydrogens (primary N) is 1. The molecule has 2 aromatic rings. The fourth-order valence-corrected chi connectivity index (χ4v) is 2.28. The van der Waals surface area contributed by atoms with Crippen LogP contribution in [0.1, 0.15) is 34.5 Å².